The summed E-state index contributed by atoms with van der Waals surface area (Å²) < 4.78 is 11.5. The second-order valence-corrected chi connectivity index (χ2v) is 5.99. The Balaban J connectivity index is 1.68. The molecule has 2 heterocycles. The van der Waals surface area contributed by atoms with Gasteiger partial charge >= 0.3 is 0 Å². The molecule has 0 N–H and O–H groups in total. The topological polar surface area (TPSA) is 38.8 Å². The summed E-state index contributed by atoms with van der Waals surface area (Å²) in [7, 11) is 1.90. The molecule has 0 aromatic heterocycles. The van der Waals surface area contributed by atoms with Crippen molar-refractivity contribution < 1.29 is 14.3 Å². The number of fused-ring (bicyclic) bond motifs is 2. The maximum absolute atomic E-state index is 12.2. The van der Waals surface area contributed by atoms with E-state index in [4.69, 9.17) is 9.47 Å². The first kappa shape index (κ1) is 12.1. The predicted octanol–water partition coefficient (Wildman–Crippen LogP) is 1.92. The van der Waals surface area contributed by atoms with Gasteiger partial charge in [-0.05, 0) is 18.9 Å². The van der Waals surface area contributed by atoms with Crippen LogP contribution in [0.2, 0.25) is 0 Å². The Morgan fingerprint density at radius 3 is 2.90 bits per heavy atom. The molecule has 20 heavy (non-hydrogen) atoms. The SMILES string of the molecule is CN(Cc1c2c(cc3c1OCC3)OCC2)C(=O)C1CC1. The molecule has 106 valence electrons. The van der Waals surface area contributed by atoms with Gasteiger partial charge in [0.1, 0.15) is 11.5 Å². The van der Waals surface area contributed by atoms with Crippen molar-refractivity contribution in [3.63, 3.8) is 0 Å². The molecule has 0 spiro atoms. The molecule has 3 aliphatic rings. The summed E-state index contributed by atoms with van der Waals surface area (Å²) in [5, 5.41) is 0. The van der Waals surface area contributed by atoms with Crippen molar-refractivity contribution >= 4 is 5.91 Å². The molecular formula is C16H19NO3. The Morgan fingerprint density at radius 2 is 2.10 bits per heavy atom. The van der Waals surface area contributed by atoms with Crippen LogP contribution in [0, 0.1) is 5.92 Å². The molecule has 1 saturated carbocycles. The minimum absolute atomic E-state index is 0.266. The molecule has 1 aliphatic carbocycles. The van der Waals surface area contributed by atoms with Crippen LogP contribution in [0.1, 0.15) is 29.5 Å². The molecule has 1 aromatic rings. The lowest BCUT2D eigenvalue weighted by atomic mass is 9.99. The number of rotatable bonds is 3. The summed E-state index contributed by atoms with van der Waals surface area (Å²) in [5.41, 5.74) is 3.64. The molecule has 0 unspecified atom stereocenters. The maximum Gasteiger partial charge on any atom is 0.225 e. The number of amides is 1. The van der Waals surface area contributed by atoms with Gasteiger partial charge in [-0.1, -0.05) is 0 Å². The van der Waals surface area contributed by atoms with E-state index in [2.05, 4.69) is 6.07 Å². The highest BCUT2D eigenvalue weighted by Gasteiger charge is 2.33. The van der Waals surface area contributed by atoms with E-state index in [1.807, 2.05) is 11.9 Å². The molecule has 1 amide bonds. The van der Waals surface area contributed by atoms with Crippen molar-refractivity contribution in [1.29, 1.82) is 0 Å². The molecule has 2 aliphatic heterocycles. The number of ether oxygens (including phenoxy) is 2. The summed E-state index contributed by atoms with van der Waals surface area (Å²) in [5.74, 6) is 2.54. The molecule has 4 heteroatoms. The van der Waals surface area contributed by atoms with Crippen molar-refractivity contribution in [3.05, 3.63) is 22.8 Å². The highest BCUT2D eigenvalue weighted by atomic mass is 16.5. The van der Waals surface area contributed by atoms with E-state index in [1.165, 1.54) is 16.7 Å². The lowest BCUT2D eigenvalue weighted by molar-refractivity contribution is -0.131. The molecule has 0 saturated heterocycles. The van der Waals surface area contributed by atoms with E-state index in [9.17, 15) is 4.79 Å². The van der Waals surface area contributed by atoms with E-state index < -0.39 is 0 Å². The Bertz CT molecular complexity index is 545. The standard InChI is InChI=1S/C16H19NO3/c1-17(16(18)10-2-3-10)9-13-12-5-7-19-14(12)8-11-4-6-20-15(11)13/h8,10H,2-7,9H2,1H3. The van der Waals surface area contributed by atoms with Crippen molar-refractivity contribution in [2.75, 3.05) is 20.3 Å². The quantitative estimate of drug-likeness (QED) is 0.844. The van der Waals surface area contributed by atoms with Gasteiger partial charge in [-0.25, -0.2) is 0 Å². The van der Waals surface area contributed by atoms with Gasteiger partial charge in [-0.15, -0.1) is 0 Å². The minimum Gasteiger partial charge on any atom is -0.493 e. The van der Waals surface area contributed by atoms with Crippen LogP contribution in [-0.4, -0.2) is 31.1 Å². The highest BCUT2D eigenvalue weighted by Crippen LogP contribution is 2.41. The number of nitrogens with zero attached hydrogens (tertiary/aromatic N) is 1. The normalized spacial score (nSPS) is 19.1. The van der Waals surface area contributed by atoms with Crippen molar-refractivity contribution in [2.24, 2.45) is 5.92 Å². The first-order valence-corrected chi connectivity index (χ1v) is 7.42. The zero-order valence-electron chi connectivity index (χ0n) is 11.8. The Kier molecular flexibility index (Phi) is 2.65. The summed E-state index contributed by atoms with van der Waals surface area (Å²) in [4.78, 5) is 14.0. The fourth-order valence-electron chi connectivity index (χ4n) is 3.21. The summed E-state index contributed by atoms with van der Waals surface area (Å²) >= 11 is 0. The van der Waals surface area contributed by atoms with E-state index in [0.717, 1.165) is 50.4 Å². The minimum atomic E-state index is 0.266. The van der Waals surface area contributed by atoms with Gasteiger partial charge in [-0.3, -0.25) is 4.79 Å². The van der Waals surface area contributed by atoms with Gasteiger partial charge in [0.15, 0.2) is 0 Å². The van der Waals surface area contributed by atoms with Gasteiger partial charge < -0.3 is 14.4 Å². The van der Waals surface area contributed by atoms with Crippen molar-refractivity contribution in [3.8, 4) is 11.5 Å². The molecule has 4 rings (SSSR count). The summed E-state index contributed by atoms with van der Waals surface area (Å²) in [6.07, 6.45) is 3.97. The number of hydrogen-bond donors (Lipinski definition) is 0. The summed E-state index contributed by atoms with van der Waals surface area (Å²) in [6, 6.07) is 2.12. The molecule has 0 radical (unpaired) electrons. The van der Waals surface area contributed by atoms with Gasteiger partial charge in [0.05, 0.1) is 13.2 Å². The lowest BCUT2D eigenvalue weighted by Crippen LogP contribution is -2.28. The molecule has 4 nitrogen and oxygen atoms in total. The van der Waals surface area contributed by atoms with E-state index in [0.29, 0.717) is 6.54 Å². The number of benzene rings is 1. The van der Waals surface area contributed by atoms with E-state index in [1.54, 1.807) is 0 Å². The average molecular weight is 273 g/mol. The molecular weight excluding hydrogens is 254 g/mol. The van der Waals surface area contributed by atoms with Crippen LogP contribution in [0.15, 0.2) is 6.07 Å². The molecule has 0 atom stereocenters. The first-order valence-electron chi connectivity index (χ1n) is 7.42. The van der Waals surface area contributed by atoms with Crippen LogP contribution >= 0.6 is 0 Å². The van der Waals surface area contributed by atoms with E-state index in [-0.39, 0.29) is 11.8 Å². The zero-order valence-corrected chi connectivity index (χ0v) is 11.8. The van der Waals surface area contributed by atoms with Crippen molar-refractivity contribution in [1.82, 2.24) is 4.90 Å². The van der Waals surface area contributed by atoms with Gasteiger partial charge in [0, 0.05) is 49.0 Å². The van der Waals surface area contributed by atoms with Crippen LogP contribution in [0.4, 0.5) is 0 Å². The fourth-order valence-corrected chi connectivity index (χ4v) is 3.21. The van der Waals surface area contributed by atoms with E-state index >= 15 is 0 Å². The third-order valence-corrected chi connectivity index (χ3v) is 4.46. The monoisotopic (exact) mass is 273 g/mol. The summed E-state index contributed by atoms with van der Waals surface area (Å²) in [6.45, 7) is 2.13. The molecule has 1 fully saturated rings. The zero-order chi connectivity index (χ0) is 13.7. The second-order valence-electron chi connectivity index (χ2n) is 5.99. The van der Waals surface area contributed by atoms with Crippen LogP contribution in [0.3, 0.4) is 0 Å². The van der Waals surface area contributed by atoms with Crippen LogP contribution in [-0.2, 0) is 24.2 Å². The largest absolute Gasteiger partial charge is 0.493 e. The Labute approximate surface area is 118 Å². The molecule has 1 aromatic carbocycles. The van der Waals surface area contributed by atoms with Crippen LogP contribution in [0.5, 0.6) is 11.5 Å². The lowest BCUT2D eigenvalue weighted by Gasteiger charge is -2.20. The second kappa shape index (κ2) is 4.40. The van der Waals surface area contributed by atoms with Gasteiger partial charge in [0.2, 0.25) is 5.91 Å². The number of carbonyl (C=O) groups is 1. The Morgan fingerprint density at radius 1 is 1.30 bits per heavy atom. The third kappa shape index (κ3) is 1.86. The smallest absolute Gasteiger partial charge is 0.225 e. The number of carbonyl (C=O) groups excluding carboxylic acids is 1. The number of hydrogen-bond acceptors (Lipinski definition) is 3. The first-order chi connectivity index (χ1) is 9.74. The predicted molar refractivity (Wildman–Crippen MR) is 74.0 cm³/mol. The van der Waals surface area contributed by atoms with Crippen LogP contribution < -0.4 is 9.47 Å². The van der Waals surface area contributed by atoms with Crippen molar-refractivity contribution in [2.45, 2.75) is 32.2 Å². The Hall–Kier alpha value is -1.71. The third-order valence-electron chi connectivity index (χ3n) is 4.46. The molecule has 0 bridgehead atoms. The van der Waals surface area contributed by atoms with Gasteiger partial charge in [0.25, 0.3) is 0 Å². The fraction of sp³-hybridized carbons (Fsp3) is 0.562. The van der Waals surface area contributed by atoms with Gasteiger partial charge in [-0.2, -0.15) is 0 Å². The average Bonchev–Trinajstić information content (AvgIpc) is 3.00. The maximum atomic E-state index is 12.2. The van der Waals surface area contributed by atoms with Crippen LogP contribution in [0.25, 0.3) is 0 Å². The highest BCUT2D eigenvalue weighted by molar-refractivity contribution is 5.81.